The Morgan fingerprint density at radius 1 is 1.10 bits per heavy atom. The molecule has 0 saturated carbocycles. The molecule has 20 heavy (non-hydrogen) atoms. The number of unbranched alkanes of at least 4 members (excludes halogenated alkanes) is 1. The molecular formula is C17H30N2O. The maximum Gasteiger partial charge on any atom is 0.0590 e. The first kappa shape index (κ1) is 17.2. The van der Waals surface area contributed by atoms with Gasteiger partial charge in [0.15, 0.2) is 0 Å². The third-order valence-corrected chi connectivity index (χ3v) is 3.31. The Labute approximate surface area is 124 Å². The van der Waals surface area contributed by atoms with Crippen LogP contribution in [-0.2, 0) is 11.3 Å². The lowest BCUT2D eigenvalue weighted by Crippen LogP contribution is -2.30. The van der Waals surface area contributed by atoms with E-state index in [2.05, 4.69) is 55.4 Å². The van der Waals surface area contributed by atoms with Gasteiger partial charge in [-0.2, -0.15) is 0 Å². The van der Waals surface area contributed by atoms with Crippen molar-refractivity contribution >= 4 is 0 Å². The highest BCUT2D eigenvalue weighted by Crippen LogP contribution is 2.05. The summed E-state index contributed by atoms with van der Waals surface area (Å²) in [6.07, 6.45) is 2.37. The number of ether oxygens (including phenoxy) is 1. The van der Waals surface area contributed by atoms with Gasteiger partial charge in [0, 0.05) is 32.8 Å². The van der Waals surface area contributed by atoms with Crippen molar-refractivity contribution in [2.75, 3.05) is 39.9 Å². The van der Waals surface area contributed by atoms with Crippen molar-refractivity contribution in [2.45, 2.75) is 33.2 Å². The van der Waals surface area contributed by atoms with Crippen molar-refractivity contribution in [3.63, 3.8) is 0 Å². The van der Waals surface area contributed by atoms with E-state index in [-0.39, 0.29) is 0 Å². The average Bonchev–Trinajstić information content (AvgIpc) is 2.44. The summed E-state index contributed by atoms with van der Waals surface area (Å²) in [4.78, 5) is 2.34. The van der Waals surface area contributed by atoms with Crippen LogP contribution in [0.15, 0.2) is 24.3 Å². The smallest absolute Gasteiger partial charge is 0.0590 e. The summed E-state index contributed by atoms with van der Waals surface area (Å²) in [6.45, 7) is 10.1. The Morgan fingerprint density at radius 3 is 2.55 bits per heavy atom. The van der Waals surface area contributed by atoms with Crippen LogP contribution in [0.1, 0.15) is 30.9 Å². The first-order chi connectivity index (χ1) is 9.72. The monoisotopic (exact) mass is 278 g/mol. The van der Waals surface area contributed by atoms with Crippen LogP contribution in [0.4, 0.5) is 0 Å². The van der Waals surface area contributed by atoms with Gasteiger partial charge >= 0.3 is 0 Å². The van der Waals surface area contributed by atoms with E-state index in [9.17, 15) is 0 Å². The van der Waals surface area contributed by atoms with Crippen LogP contribution in [0.2, 0.25) is 0 Å². The Bertz CT molecular complexity index is 337. The quantitative estimate of drug-likeness (QED) is 0.630. The Balaban J connectivity index is 2.00. The van der Waals surface area contributed by atoms with Gasteiger partial charge in [0.2, 0.25) is 0 Å². The van der Waals surface area contributed by atoms with Crippen LogP contribution < -0.4 is 5.32 Å². The fourth-order valence-electron chi connectivity index (χ4n) is 1.97. The molecule has 3 heteroatoms. The highest BCUT2D eigenvalue weighted by atomic mass is 16.5. The molecule has 1 N–H and O–H groups in total. The molecule has 0 aromatic heterocycles. The molecule has 1 aromatic carbocycles. The first-order valence-corrected chi connectivity index (χ1v) is 7.75. The van der Waals surface area contributed by atoms with Gasteiger partial charge in [-0.3, -0.25) is 0 Å². The third-order valence-electron chi connectivity index (χ3n) is 3.31. The van der Waals surface area contributed by atoms with Crippen LogP contribution in [0.25, 0.3) is 0 Å². The lowest BCUT2D eigenvalue weighted by Gasteiger charge is -2.17. The molecule has 0 bridgehead atoms. The van der Waals surface area contributed by atoms with E-state index in [1.807, 2.05) is 0 Å². The number of likely N-dealkylation sites (N-methyl/N-ethyl adjacent to an activating group) is 1. The molecule has 0 atom stereocenters. The fraction of sp³-hybridized carbons (Fsp3) is 0.647. The summed E-state index contributed by atoms with van der Waals surface area (Å²) < 4.78 is 5.51. The topological polar surface area (TPSA) is 24.5 Å². The van der Waals surface area contributed by atoms with Gasteiger partial charge in [-0.15, -0.1) is 0 Å². The largest absolute Gasteiger partial charge is 0.380 e. The lowest BCUT2D eigenvalue weighted by molar-refractivity contribution is 0.132. The minimum atomic E-state index is 0.821. The van der Waals surface area contributed by atoms with E-state index in [1.165, 1.54) is 24.0 Å². The molecule has 0 radical (unpaired) electrons. The van der Waals surface area contributed by atoms with Crippen LogP contribution in [-0.4, -0.2) is 44.8 Å². The number of nitrogens with one attached hydrogen (secondary N) is 1. The maximum absolute atomic E-state index is 5.51. The van der Waals surface area contributed by atoms with E-state index in [4.69, 9.17) is 4.74 Å². The predicted octanol–water partition coefficient (Wildman–Crippen LogP) is 2.83. The third kappa shape index (κ3) is 8.31. The predicted molar refractivity (Wildman–Crippen MR) is 86.1 cm³/mol. The van der Waals surface area contributed by atoms with Crippen LogP contribution in [0.5, 0.6) is 0 Å². The van der Waals surface area contributed by atoms with E-state index in [0.717, 1.165) is 39.4 Å². The number of hydrogen-bond acceptors (Lipinski definition) is 3. The zero-order valence-electron chi connectivity index (χ0n) is 13.3. The molecule has 0 saturated heterocycles. The molecule has 3 nitrogen and oxygen atoms in total. The summed E-state index contributed by atoms with van der Waals surface area (Å²) >= 11 is 0. The molecule has 114 valence electrons. The number of nitrogens with zero attached hydrogens (tertiary/aromatic N) is 1. The second kappa shape index (κ2) is 10.8. The molecule has 0 amide bonds. The number of benzene rings is 1. The summed E-state index contributed by atoms with van der Waals surface area (Å²) in [5.74, 6) is 0. The van der Waals surface area contributed by atoms with Crippen molar-refractivity contribution in [3.8, 4) is 0 Å². The van der Waals surface area contributed by atoms with Gasteiger partial charge in [-0.05, 0) is 26.0 Å². The van der Waals surface area contributed by atoms with Crippen molar-refractivity contribution in [2.24, 2.45) is 0 Å². The highest BCUT2D eigenvalue weighted by Gasteiger charge is 1.99. The summed E-state index contributed by atoms with van der Waals surface area (Å²) in [5.41, 5.74) is 2.70. The van der Waals surface area contributed by atoms with Crippen LogP contribution >= 0.6 is 0 Å². The lowest BCUT2D eigenvalue weighted by atomic mass is 10.1. The zero-order valence-corrected chi connectivity index (χ0v) is 13.3. The second-order valence-corrected chi connectivity index (χ2v) is 5.44. The molecule has 0 spiro atoms. The molecule has 0 aliphatic rings. The van der Waals surface area contributed by atoms with Crippen molar-refractivity contribution in [1.29, 1.82) is 0 Å². The SMILES string of the molecule is CCCCOCCNCCN(C)Cc1ccc(C)cc1. The van der Waals surface area contributed by atoms with Crippen LogP contribution in [0, 0.1) is 6.92 Å². The minimum absolute atomic E-state index is 0.821. The molecule has 0 aliphatic carbocycles. The Kier molecular flexibility index (Phi) is 9.29. The molecule has 0 fully saturated rings. The van der Waals surface area contributed by atoms with Gasteiger partial charge in [-0.1, -0.05) is 43.2 Å². The fourth-order valence-corrected chi connectivity index (χ4v) is 1.97. The van der Waals surface area contributed by atoms with Crippen molar-refractivity contribution in [1.82, 2.24) is 10.2 Å². The van der Waals surface area contributed by atoms with Gasteiger partial charge in [0.1, 0.15) is 0 Å². The normalized spacial score (nSPS) is 11.2. The van der Waals surface area contributed by atoms with E-state index < -0.39 is 0 Å². The van der Waals surface area contributed by atoms with E-state index >= 15 is 0 Å². The van der Waals surface area contributed by atoms with Gasteiger partial charge in [0.25, 0.3) is 0 Å². The summed E-state index contributed by atoms with van der Waals surface area (Å²) in [7, 11) is 2.17. The van der Waals surface area contributed by atoms with Crippen molar-refractivity contribution < 1.29 is 4.74 Å². The van der Waals surface area contributed by atoms with Gasteiger partial charge in [-0.25, -0.2) is 0 Å². The van der Waals surface area contributed by atoms with Gasteiger partial charge in [0.05, 0.1) is 6.61 Å². The maximum atomic E-state index is 5.51. The number of hydrogen-bond donors (Lipinski definition) is 1. The number of rotatable bonds is 11. The zero-order chi connectivity index (χ0) is 14.6. The number of aryl methyl sites for hydroxylation is 1. The summed E-state index contributed by atoms with van der Waals surface area (Å²) in [6, 6.07) is 8.77. The first-order valence-electron chi connectivity index (χ1n) is 7.75. The van der Waals surface area contributed by atoms with Crippen molar-refractivity contribution in [3.05, 3.63) is 35.4 Å². The standard InChI is InChI=1S/C17H30N2O/c1-4-5-13-20-14-11-18-10-12-19(3)15-17-8-6-16(2)7-9-17/h6-9,18H,4-5,10-15H2,1-3H3. The Morgan fingerprint density at radius 2 is 1.85 bits per heavy atom. The van der Waals surface area contributed by atoms with Crippen LogP contribution in [0.3, 0.4) is 0 Å². The Hall–Kier alpha value is -0.900. The molecule has 1 aromatic rings. The summed E-state index contributed by atoms with van der Waals surface area (Å²) in [5, 5.41) is 3.42. The van der Waals surface area contributed by atoms with E-state index in [1.54, 1.807) is 0 Å². The molecule has 1 rings (SSSR count). The molecule has 0 unspecified atom stereocenters. The molecular weight excluding hydrogens is 248 g/mol. The highest BCUT2D eigenvalue weighted by molar-refractivity contribution is 5.21. The molecule has 0 heterocycles. The van der Waals surface area contributed by atoms with Gasteiger partial charge < -0.3 is 15.0 Å². The second-order valence-electron chi connectivity index (χ2n) is 5.44. The minimum Gasteiger partial charge on any atom is -0.380 e. The average molecular weight is 278 g/mol. The van der Waals surface area contributed by atoms with E-state index in [0.29, 0.717) is 0 Å². The molecule has 0 aliphatic heterocycles.